The molecular formula is C14H11BrF2. The van der Waals surface area contributed by atoms with Crippen molar-refractivity contribution in [2.45, 2.75) is 5.92 Å². The highest BCUT2D eigenvalue weighted by molar-refractivity contribution is 9.10. The molecule has 1 unspecified atom stereocenters. The summed E-state index contributed by atoms with van der Waals surface area (Å²) in [6.45, 7) is 0. The minimum Gasteiger partial charge on any atom is -0.201 e. The highest BCUT2D eigenvalue weighted by atomic mass is 79.9. The molecule has 0 fully saturated rings. The minimum absolute atomic E-state index is 0.865. The second-order valence-electron chi connectivity index (χ2n) is 3.85. The molecule has 0 aromatic heterocycles. The van der Waals surface area contributed by atoms with Crippen LogP contribution in [0.5, 0.6) is 0 Å². The smallest absolute Gasteiger partial charge is 0.201 e. The third-order valence-electron chi connectivity index (χ3n) is 2.56. The number of rotatable bonds is 2. The lowest BCUT2D eigenvalue weighted by Crippen LogP contribution is -2.23. The zero-order valence-corrected chi connectivity index (χ0v) is 10.6. The Bertz CT molecular complexity index is 470. The largest absolute Gasteiger partial charge is 0.276 e. The average molecular weight is 297 g/mol. The molecule has 1 aliphatic carbocycles. The highest BCUT2D eigenvalue weighted by Gasteiger charge is 2.34. The molecule has 0 aliphatic heterocycles. The Hall–Kier alpha value is -1.22. The minimum atomic E-state index is -2.79. The van der Waals surface area contributed by atoms with E-state index in [0.717, 1.165) is 16.1 Å². The van der Waals surface area contributed by atoms with Gasteiger partial charge >= 0.3 is 0 Å². The quantitative estimate of drug-likeness (QED) is 0.732. The fourth-order valence-corrected chi connectivity index (χ4v) is 1.85. The van der Waals surface area contributed by atoms with Crippen LogP contribution in [-0.4, -0.2) is 5.92 Å². The normalized spacial score (nSPS) is 22.2. The fraction of sp³-hybridized carbons (Fsp3) is 0.143. The summed E-state index contributed by atoms with van der Waals surface area (Å²) in [5.74, 6) is -3.66. The van der Waals surface area contributed by atoms with Crippen LogP contribution in [0.3, 0.4) is 0 Å². The lowest BCUT2D eigenvalue weighted by Gasteiger charge is -2.20. The number of benzene rings is 1. The summed E-state index contributed by atoms with van der Waals surface area (Å²) >= 11 is 3.33. The second kappa shape index (κ2) is 4.96. The lowest BCUT2D eigenvalue weighted by atomic mass is 9.95. The molecule has 3 heteroatoms. The Balaban J connectivity index is 2.13. The Morgan fingerprint density at radius 3 is 2.47 bits per heavy atom. The van der Waals surface area contributed by atoms with Gasteiger partial charge < -0.3 is 0 Å². The van der Waals surface area contributed by atoms with E-state index in [2.05, 4.69) is 15.9 Å². The van der Waals surface area contributed by atoms with Crippen molar-refractivity contribution in [1.82, 2.24) is 0 Å². The van der Waals surface area contributed by atoms with Gasteiger partial charge in [-0.3, -0.25) is 0 Å². The SMILES string of the molecule is FC1(F)C=CC=CC1C=Cc1ccc(Br)cc1. The molecule has 1 aliphatic rings. The van der Waals surface area contributed by atoms with Crippen molar-refractivity contribution >= 4 is 22.0 Å². The van der Waals surface area contributed by atoms with E-state index in [-0.39, 0.29) is 0 Å². The van der Waals surface area contributed by atoms with Crippen molar-refractivity contribution in [2.24, 2.45) is 5.92 Å². The van der Waals surface area contributed by atoms with E-state index in [4.69, 9.17) is 0 Å². The van der Waals surface area contributed by atoms with E-state index in [9.17, 15) is 8.78 Å². The van der Waals surface area contributed by atoms with Crippen LogP contribution in [0.25, 0.3) is 6.08 Å². The van der Waals surface area contributed by atoms with Crippen molar-refractivity contribution in [3.63, 3.8) is 0 Å². The van der Waals surface area contributed by atoms with Crippen LogP contribution in [-0.2, 0) is 0 Å². The first-order valence-electron chi connectivity index (χ1n) is 5.25. The van der Waals surface area contributed by atoms with Gasteiger partial charge in [0.05, 0.1) is 5.92 Å². The third kappa shape index (κ3) is 3.13. The van der Waals surface area contributed by atoms with Gasteiger partial charge in [-0.05, 0) is 23.8 Å². The van der Waals surface area contributed by atoms with Crippen LogP contribution in [0.2, 0.25) is 0 Å². The molecule has 0 heterocycles. The van der Waals surface area contributed by atoms with E-state index in [1.54, 1.807) is 12.2 Å². The average Bonchev–Trinajstić information content (AvgIpc) is 2.29. The van der Waals surface area contributed by atoms with Crippen LogP contribution >= 0.6 is 15.9 Å². The van der Waals surface area contributed by atoms with Gasteiger partial charge in [0.2, 0.25) is 0 Å². The maximum atomic E-state index is 13.4. The number of hydrogen-bond acceptors (Lipinski definition) is 0. The summed E-state index contributed by atoms with van der Waals surface area (Å²) in [4.78, 5) is 0. The topological polar surface area (TPSA) is 0 Å². The second-order valence-corrected chi connectivity index (χ2v) is 4.77. The standard InChI is InChI=1S/C14H11BrF2/c15-13-8-5-11(6-9-13)4-7-12-3-1-2-10-14(12,16)17/h1-10,12H. The zero-order chi connectivity index (χ0) is 12.3. The molecule has 0 N–H and O–H groups in total. The summed E-state index contributed by atoms with van der Waals surface area (Å²) < 4.78 is 27.9. The van der Waals surface area contributed by atoms with Gasteiger partial charge in [0.1, 0.15) is 0 Å². The predicted octanol–water partition coefficient (Wildman–Crippen LogP) is 4.84. The molecule has 88 valence electrons. The molecule has 0 bridgehead atoms. The van der Waals surface area contributed by atoms with Crippen molar-refractivity contribution in [1.29, 1.82) is 0 Å². The highest BCUT2D eigenvalue weighted by Crippen LogP contribution is 2.31. The zero-order valence-electron chi connectivity index (χ0n) is 8.98. The molecule has 0 spiro atoms. The Morgan fingerprint density at radius 2 is 1.82 bits per heavy atom. The molecule has 2 rings (SSSR count). The van der Waals surface area contributed by atoms with Crippen molar-refractivity contribution in [3.05, 3.63) is 64.7 Å². The molecule has 0 saturated heterocycles. The van der Waals surface area contributed by atoms with Crippen LogP contribution in [0.4, 0.5) is 8.78 Å². The summed E-state index contributed by atoms with van der Waals surface area (Å²) in [5.41, 5.74) is 0.909. The van der Waals surface area contributed by atoms with Gasteiger partial charge in [-0.1, -0.05) is 58.4 Å². The predicted molar refractivity (Wildman–Crippen MR) is 69.9 cm³/mol. The summed E-state index contributed by atoms with van der Waals surface area (Å²) in [6.07, 6.45) is 8.72. The van der Waals surface area contributed by atoms with Gasteiger partial charge in [0.15, 0.2) is 0 Å². The Kier molecular flexibility index (Phi) is 3.57. The summed E-state index contributed by atoms with van der Waals surface area (Å²) in [6, 6.07) is 7.52. The van der Waals surface area contributed by atoms with Crippen molar-refractivity contribution < 1.29 is 8.78 Å². The van der Waals surface area contributed by atoms with Crippen LogP contribution in [0, 0.1) is 5.92 Å². The molecule has 0 nitrogen and oxygen atoms in total. The molecule has 1 atom stereocenters. The maximum Gasteiger partial charge on any atom is 0.276 e. The van der Waals surface area contributed by atoms with Crippen molar-refractivity contribution in [3.8, 4) is 0 Å². The maximum absolute atomic E-state index is 13.4. The molecule has 0 saturated carbocycles. The van der Waals surface area contributed by atoms with Gasteiger partial charge in [0.25, 0.3) is 5.92 Å². The lowest BCUT2D eigenvalue weighted by molar-refractivity contribution is 0.0271. The first-order chi connectivity index (χ1) is 8.08. The number of alkyl halides is 2. The van der Waals surface area contributed by atoms with E-state index in [1.807, 2.05) is 24.3 Å². The Labute approximate surface area is 107 Å². The Morgan fingerprint density at radius 1 is 1.12 bits per heavy atom. The third-order valence-corrected chi connectivity index (χ3v) is 3.09. The molecule has 1 aromatic carbocycles. The monoisotopic (exact) mass is 296 g/mol. The number of halogens is 3. The van der Waals surface area contributed by atoms with E-state index >= 15 is 0 Å². The van der Waals surface area contributed by atoms with Gasteiger partial charge in [-0.2, -0.15) is 0 Å². The van der Waals surface area contributed by atoms with Gasteiger partial charge in [-0.25, -0.2) is 8.78 Å². The first-order valence-corrected chi connectivity index (χ1v) is 6.05. The van der Waals surface area contributed by atoms with Crippen LogP contribution in [0.1, 0.15) is 5.56 Å². The molecule has 0 radical (unpaired) electrons. The fourth-order valence-electron chi connectivity index (χ4n) is 1.59. The molecule has 0 amide bonds. The van der Waals surface area contributed by atoms with E-state index in [1.165, 1.54) is 18.2 Å². The van der Waals surface area contributed by atoms with Crippen LogP contribution < -0.4 is 0 Å². The van der Waals surface area contributed by atoms with Crippen molar-refractivity contribution in [2.75, 3.05) is 0 Å². The van der Waals surface area contributed by atoms with Gasteiger partial charge in [-0.15, -0.1) is 0 Å². The number of hydrogen-bond donors (Lipinski definition) is 0. The first kappa shape index (κ1) is 12.2. The van der Waals surface area contributed by atoms with E-state index in [0.29, 0.717) is 0 Å². The molecular weight excluding hydrogens is 286 g/mol. The summed E-state index contributed by atoms with van der Waals surface area (Å²) in [5, 5.41) is 0. The summed E-state index contributed by atoms with van der Waals surface area (Å²) in [7, 11) is 0. The molecule has 1 aromatic rings. The number of allylic oxidation sites excluding steroid dienone is 5. The van der Waals surface area contributed by atoms with Gasteiger partial charge in [0, 0.05) is 4.47 Å². The van der Waals surface area contributed by atoms with E-state index < -0.39 is 11.8 Å². The van der Waals surface area contributed by atoms with Crippen LogP contribution in [0.15, 0.2) is 59.1 Å². The molecule has 17 heavy (non-hydrogen) atoms.